The molecule has 0 N–H and O–H groups in total. The molecular formula is C18H28N2O2. The lowest BCUT2D eigenvalue weighted by Gasteiger charge is -2.34. The van der Waals surface area contributed by atoms with E-state index in [9.17, 15) is 0 Å². The van der Waals surface area contributed by atoms with E-state index in [0.717, 1.165) is 52.6 Å². The van der Waals surface area contributed by atoms with Crippen molar-refractivity contribution in [3.8, 4) is 0 Å². The van der Waals surface area contributed by atoms with E-state index in [1.165, 1.54) is 12.8 Å². The van der Waals surface area contributed by atoms with Crippen LogP contribution in [0.15, 0.2) is 23.5 Å². The summed E-state index contributed by atoms with van der Waals surface area (Å²) in [6.07, 6.45) is 7.50. The molecule has 0 saturated carbocycles. The number of ether oxygens (including phenoxy) is 2. The molecule has 0 aromatic rings. The molecular weight excluding hydrogens is 276 g/mol. The molecule has 0 radical (unpaired) electrons. The highest BCUT2D eigenvalue weighted by Crippen LogP contribution is 2.60. The van der Waals surface area contributed by atoms with Crippen LogP contribution in [-0.2, 0) is 9.47 Å². The fraction of sp³-hybridized carbons (Fsp3) is 0.778. The summed E-state index contributed by atoms with van der Waals surface area (Å²) in [5.74, 6) is 0. The van der Waals surface area contributed by atoms with Crippen LogP contribution in [0.25, 0.3) is 0 Å². The predicted octanol–water partition coefficient (Wildman–Crippen LogP) is 2.24. The summed E-state index contributed by atoms with van der Waals surface area (Å²) < 4.78 is 11.0. The first-order valence-corrected chi connectivity index (χ1v) is 8.69. The molecule has 0 bridgehead atoms. The van der Waals surface area contributed by atoms with E-state index < -0.39 is 0 Å². The van der Waals surface area contributed by atoms with Gasteiger partial charge in [0.15, 0.2) is 0 Å². The Morgan fingerprint density at radius 1 is 0.727 bits per heavy atom. The summed E-state index contributed by atoms with van der Waals surface area (Å²) in [6, 6.07) is 0. The van der Waals surface area contributed by atoms with Crippen LogP contribution in [0.4, 0.5) is 0 Å². The summed E-state index contributed by atoms with van der Waals surface area (Å²) in [5, 5.41) is 0. The average molecular weight is 304 g/mol. The van der Waals surface area contributed by atoms with Gasteiger partial charge >= 0.3 is 0 Å². The summed E-state index contributed by atoms with van der Waals surface area (Å²) in [4.78, 5) is 5.08. The second-order valence-corrected chi connectivity index (χ2v) is 7.66. The van der Waals surface area contributed by atoms with Crippen molar-refractivity contribution < 1.29 is 9.47 Å². The Morgan fingerprint density at radius 3 is 1.45 bits per heavy atom. The lowest BCUT2D eigenvalue weighted by atomic mass is 9.70. The summed E-state index contributed by atoms with van der Waals surface area (Å²) in [7, 11) is 0. The largest absolute Gasteiger partial charge is 0.378 e. The molecule has 0 aromatic heterocycles. The Balaban J connectivity index is 1.52. The molecule has 2 aliphatic heterocycles. The third-order valence-corrected chi connectivity index (χ3v) is 6.21. The van der Waals surface area contributed by atoms with Gasteiger partial charge in [0, 0.05) is 48.4 Å². The minimum atomic E-state index is 0.272. The highest BCUT2D eigenvalue weighted by Gasteiger charge is 2.52. The Kier molecular flexibility index (Phi) is 3.50. The molecule has 2 aliphatic carbocycles. The second kappa shape index (κ2) is 5.27. The Bertz CT molecular complexity index is 457. The number of morpholine rings is 2. The molecule has 4 nitrogen and oxygen atoms in total. The zero-order valence-electron chi connectivity index (χ0n) is 13.9. The van der Waals surface area contributed by atoms with E-state index in [0.29, 0.717) is 0 Å². The van der Waals surface area contributed by atoms with Crippen LogP contribution in [0, 0.1) is 10.8 Å². The van der Waals surface area contributed by atoms with E-state index in [2.05, 4.69) is 35.8 Å². The third kappa shape index (κ3) is 2.28. The Labute approximate surface area is 133 Å². The van der Waals surface area contributed by atoms with Crippen molar-refractivity contribution in [1.29, 1.82) is 0 Å². The molecule has 2 atom stereocenters. The first-order valence-electron chi connectivity index (χ1n) is 8.69. The minimum absolute atomic E-state index is 0.272. The number of nitrogens with zero attached hydrogens (tertiary/aromatic N) is 2. The first-order chi connectivity index (χ1) is 10.6. The number of rotatable bonds is 2. The van der Waals surface area contributed by atoms with E-state index in [4.69, 9.17) is 9.47 Å². The van der Waals surface area contributed by atoms with Gasteiger partial charge in [0.05, 0.1) is 26.4 Å². The second-order valence-electron chi connectivity index (χ2n) is 7.66. The summed E-state index contributed by atoms with van der Waals surface area (Å²) in [5.41, 5.74) is 3.64. The molecule has 0 amide bonds. The Morgan fingerprint density at radius 2 is 1.09 bits per heavy atom. The average Bonchev–Trinajstić information content (AvgIpc) is 2.94. The van der Waals surface area contributed by atoms with Crippen LogP contribution in [0.3, 0.4) is 0 Å². The molecule has 122 valence electrons. The number of hydrogen-bond acceptors (Lipinski definition) is 4. The standard InChI is InChI=1S/C18H28N2O2/c1-17-11-15(19-3-7-21-8-4-19)13-18(17,2)14-16(12-17)20-5-9-22-10-6-20/h11,14H,3-10,12-13H2,1-2H3. The summed E-state index contributed by atoms with van der Waals surface area (Å²) in [6.45, 7) is 12.6. The first kappa shape index (κ1) is 14.6. The number of fused-ring (bicyclic) bond motifs is 1. The van der Waals surface area contributed by atoms with Crippen LogP contribution in [0.5, 0.6) is 0 Å². The van der Waals surface area contributed by atoms with Crippen molar-refractivity contribution in [3.05, 3.63) is 23.5 Å². The van der Waals surface area contributed by atoms with Crippen molar-refractivity contribution >= 4 is 0 Å². The number of allylic oxidation sites excluding steroid dienone is 4. The zero-order valence-corrected chi connectivity index (χ0v) is 13.9. The lowest BCUT2D eigenvalue weighted by molar-refractivity contribution is 0.0512. The molecule has 0 aromatic carbocycles. The molecule has 2 heterocycles. The highest BCUT2D eigenvalue weighted by molar-refractivity contribution is 5.36. The smallest absolute Gasteiger partial charge is 0.0642 e. The molecule has 2 fully saturated rings. The van der Waals surface area contributed by atoms with E-state index in [1.807, 2.05) is 0 Å². The van der Waals surface area contributed by atoms with Crippen LogP contribution < -0.4 is 0 Å². The normalized spacial score (nSPS) is 38.8. The van der Waals surface area contributed by atoms with E-state index in [-0.39, 0.29) is 10.8 Å². The molecule has 2 saturated heterocycles. The molecule has 22 heavy (non-hydrogen) atoms. The summed E-state index contributed by atoms with van der Waals surface area (Å²) >= 11 is 0. The van der Waals surface area contributed by atoms with Gasteiger partial charge in [-0.3, -0.25) is 0 Å². The van der Waals surface area contributed by atoms with Gasteiger partial charge in [0.2, 0.25) is 0 Å². The van der Waals surface area contributed by atoms with Gasteiger partial charge in [-0.05, 0) is 12.8 Å². The van der Waals surface area contributed by atoms with Gasteiger partial charge in [-0.2, -0.15) is 0 Å². The highest BCUT2D eigenvalue weighted by atomic mass is 16.5. The van der Waals surface area contributed by atoms with Crippen molar-refractivity contribution in [2.24, 2.45) is 10.8 Å². The topological polar surface area (TPSA) is 24.9 Å². The molecule has 4 aliphatic rings. The van der Waals surface area contributed by atoms with Crippen LogP contribution >= 0.6 is 0 Å². The van der Waals surface area contributed by atoms with Crippen molar-refractivity contribution in [3.63, 3.8) is 0 Å². The van der Waals surface area contributed by atoms with Crippen molar-refractivity contribution in [2.45, 2.75) is 26.7 Å². The van der Waals surface area contributed by atoms with Crippen LogP contribution in [0.1, 0.15) is 26.7 Å². The monoisotopic (exact) mass is 304 g/mol. The lowest BCUT2D eigenvalue weighted by Crippen LogP contribution is -2.36. The third-order valence-electron chi connectivity index (χ3n) is 6.21. The molecule has 2 unspecified atom stereocenters. The van der Waals surface area contributed by atoms with E-state index in [1.54, 1.807) is 11.4 Å². The van der Waals surface area contributed by atoms with Gasteiger partial charge in [-0.1, -0.05) is 26.0 Å². The maximum absolute atomic E-state index is 5.50. The molecule has 4 rings (SSSR count). The fourth-order valence-electron chi connectivity index (χ4n) is 4.53. The van der Waals surface area contributed by atoms with Crippen LogP contribution in [-0.4, -0.2) is 62.4 Å². The van der Waals surface area contributed by atoms with Crippen molar-refractivity contribution in [2.75, 3.05) is 52.6 Å². The van der Waals surface area contributed by atoms with Crippen LogP contribution in [0.2, 0.25) is 0 Å². The van der Waals surface area contributed by atoms with Gasteiger partial charge < -0.3 is 19.3 Å². The maximum Gasteiger partial charge on any atom is 0.0642 e. The Hall–Kier alpha value is -1.00. The van der Waals surface area contributed by atoms with Gasteiger partial charge in [-0.15, -0.1) is 0 Å². The quantitative estimate of drug-likeness (QED) is 0.781. The minimum Gasteiger partial charge on any atom is -0.378 e. The molecule has 4 heteroatoms. The zero-order chi connectivity index (χ0) is 15.2. The number of hydrogen-bond donors (Lipinski definition) is 0. The van der Waals surface area contributed by atoms with E-state index >= 15 is 0 Å². The van der Waals surface area contributed by atoms with Gasteiger partial charge in [0.25, 0.3) is 0 Å². The maximum atomic E-state index is 5.50. The predicted molar refractivity (Wildman–Crippen MR) is 86.4 cm³/mol. The SMILES string of the molecule is CC12C=C(N3CCOCC3)CC1(C)C=C(N1CCOCC1)C2. The molecule has 0 spiro atoms. The van der Waals surface area contributed by atoms with Gasteiger partial charge in [-0.25, -0.2) is 0 Å². The fourth-order valence-corrected chi connectivity index (χ4v) is 4.53. The van der Waals surface area contributed by atoms with Gasteiger partial charge in [0.1, 0.15) is 0 Å². The van der Waals surface area contributed by atoms with Crippen molar-refractivity contribution in [1.82, 2.24) is 9.80 Å².